The molecule has 0 fully saturated rings. The second kappa shape index (κ2) is 5.43. The van der Waals surface area contributed by atoms with E-state index in [0.717, 1.165) is 11.3 Å². The predicted octanol–water partition coefficient (Wildman–Crippen LogP) is 1.70. The zero-order valence-electron chi connectivity index (χ0n) is 9.49. The molecule has 0 bridgehead atoms. The van der Waals surface area contributed by atoms with Crippen molar-refractivity contribution in [3.8, 4) is 0 Å². The van der Waals surface area contributed by atoms with E-state index in [-0.39, 0.29) is 12.1 Å². The van der Waals surface area contributed by atoms with Gasteiger partial charge in [-0.2, -0.15) is 0 Å². The van der Waals surface area contributed by atoms with Crippen LogP contribution in [0.3, 0.4) is 0 Å². The number of carboxylic acid groups (broad SMARTS) is 1. The van der Waals surface area contributed by atoms with E-state index >= 15 is 0 Å². The fraction of sp³-hybridized carbons (Fsp3) is 0.545. The topological polar surface area (TPSA) is 69.6 Å². The molecular weight excluding hydrogens is 226 g/mol. The van der Waals surface area contributed by atoms with Gasteiger partial charge in [-0.1, -0.05) is 6.92 Å². The number of carboxylic acids is 1. The fourth-order valence-electron chi connectivity index (χ4n) is 1.18. The molecule has 0 aliphatic carbocycles. The van der Waals surface area contributed by atoms with Gasteiger partial charge in [0.15, 0.2) is 0 Å². The first-order valence-corrected chi connectivity index (χ1v) is 6.00. The summed E-state index contributed by atoms with van der Waals surface area (Å²) in [6.45, 7) is 4.60. The monoisotopic (exact) mass is 243 g/mol. The van der Waals surface area contributed by atoms with Gasteiger partial charge in [-0.25, -0.2) is 4.79 Å². The summed E-state index contributed by atoms with van der Waals surface area (Å²) < 4.78 is 0. The van der Waals surface area contributed by atoms with Crippen molar-refractivity contribution >= 4 is 17.3 Å². The van der Waals surface area contributed by atoms with E-state index in [2.05, 4.69) is 5.32 Å². The lowest BCUT2D eigenvalue weighted by molar-refractivity contribution is 0.0702. The molecule has 90 valence electrons. The van der Waals surface area contributed by atoms with Gasteiger partial charge in [-0.3, -0.25) is 0 Å². The summed E-state index contributed by atoms with van der Waals surface area (Å²) in [6.07, 6.45) is 0.820. The van der Waals surface area contributed by atoms with Crippen LogP contribution < -0.4 is 5.32 Å². The minimum Gasteiger partial charge on any atom is -0.477 e. The number of aliphatic hydroxyl groups is 1. The van der Waals surface area contributed by atoms with E-state index in [1.807, 2.05) is 13.8 Å². The highest BCUT2D eigenvalue weighted by molar-refractivity contribution is 7.13. The molecule has 16 heavy (non-hydrogen) atoms. The number of rotatable bonds is 6. The molecule has 1 rings (SSSR count). The van der Waals surface area contributed by atoms with Crippen molar-refractivity contribution in [2.45, 2.75) is 32.4 Å². The molecule has 1 aromatic rings. The Bertz CT molecular complexity index is 358. The molecule has 1 heterocycles. The lowest BCUT2D eigenvalue weighted by Crippen LogP contribution is -2.44. The van der Waals surface area contributed by atoms with Gasteiger partial charge in [0.25, 0.3) is 0 Å². The molecule has 1 atom stereocenters. The smallest absolute Gasteiger partial charge is 0.345 e. The van der Waals surface area contributed by atoms with Gasteiger partial charge in [0, 0.05) is 17.0 Å². The molecule has 1 aromatic heterocycles. The lowest BCUT2D eigenvalue weighted by atomic mass is 10.0. The molecular formula is C11H17NO3S. The molecule has 0 amide bonds. The van der Waals surface area contributed by atoms with E-state index in [4.69, 9.17) is 5.11 Å². The summed E-state index contributed by atoms with van der Waals surface area (Å²) in [4.78, 5) is 12.0. The lowest BCUT2D eigenvalue weighted by Gasteiger charge is -2.26. The minimum absolute atomic E-state index is 0.0701. The average molecular weight is 243 g/mol. The number of hydrogen-bond acceptors (Lipinski definition) is 4. The average Bonchev–Trinajstić information content (AvgIpc) is 2.75. The van der Waals surface area contributed by atoms with Crippen LogP contribution in [0, 0.1) is 0 Å². The summed E-state index contributed by atoms with van der Waals surface area (Å²) in [6, 6.07) is 3.40. The quantitative estimate of drug-likeness (QED) is 0.711. The molecule has 5 heteroatoms. The highest BCUT2D eigenvalue weighted by atomic mass is 32.1. The number of hydrogen-bond donors (Lipinski definition) is 3. The largest absolute Gasteiger partial charge is 0.477 e. The summed E-state index contributed by atoms with van der Waals surface area (Å²) >= 11 is 1.26. The van der Waals surface area contributed by atoms with E-state index in [1.165, 1.54) is 11.3 Å². The highest BCUT2D eigenvalue weighted by Gasteiger charge is 2.20. The van der Waals surface area contributed by atoms with E-state index in [1.54, 1.807) is 12.1 Å². The molecule has 4 nitrogen and oxygen atoms in total. The zero-order valence-corrected chi connectivity index (χ0v) is 10.3. The van der Waals surface area contributed by atoms with Crippen LogP contribution in [0.1, 0.15) is 34.8 Å². The minimum atomic E-state index is -0.892. The molecule has 0 spiro atoms. The Morgan fingerprint density at radius 2 is 2.25 bits per heavy atom. The SMILES string of the molecule is CCC(C)(CO)NCc1ccc(C(=O)O)s1. The normalized spacial score (nSPS) is 14.7. The van der Waals surface area contributed by atoms with Crippen LogP contribution in [-0.4, -0.2) is 28.3 Å². The third kappa shape index (κ3) is 3.30. The van der Waals surface area contributed by atoms with Gasteiger partial charge in [0.05, 0.1) is 6.61 Å². The van der Waals surface area contributed by atoms with Crippen LogP contribution in [0.2, 0.25) is 0 Å². The first-order chi connectivity index (χ1) is 7.50. The molecule has 0 aromatic carbocycles. The summed E-state index contributed by atoms with van der Waals surface area (Å²) in [7, 11) is 0. The van der Waals surface area contributed by atoms with Gasteiger partial charge >= 0.3 is 5.97 Å². The van der Waals surface area contributed by atoms with E-state index < -0.39 is 5.97 Å². The van der Waals surface area contributed by atoms with Crippen molar-refractivity contribution in [2.24, 2.45) is 0 Å². The number of nitrogens with one attached hydrogen (secondary N) is 1. The molecule has 0 aliphatic heterocycles. The number of aromatic carboxylic acids is 1. The molecule has 1 unspecified atom stereocenters. The van der Waals surface area contributed by atoms with Gasteiger partial charge in [0.1, 0.15) is 4.88 Å². The zero-order chi connectivity index (χ0) is 12.2. The molecule has 0 aliphatic rings. The Morgan fingerprint density at radius 3 is 2.69 bits per heavy atom. The van der Waals surface area contributed by atoms with Gasteiger partial charge < -0.3 is 15.5 Å². The number of carbonyl (C=O) groups is 1. The van der Waals surface area contributed by atoms with Crippen LogP contribution in [-0.2, 0) is 6.54 Å². The standard InChI is InChI=1S/C11H17NO3S/c1-3-11(2,7-13)12-6-8-4-5-9(16-8)10(14)15/h4-5,12-13H,3,6-7H2,1-2H3,(H,14,15). The van der Waals surface area contributed by atoms with Crippen molar-refractivity contribution in [2.75, 3.05) is 6.61 Å². The summed E-state index contributed by atoms with van der Waals surface area (Å²) in [5.41, 5.74) is -0.298. The molecule has 0 saturated carbocycles. The second-order valence-electron chi connectivity index (χ2n) is 4.00. The predicted molar refractivity (Wildman–Crippen MR) is 63.9 cm³/mol. The molecule has 3 N–H and O–H groups in total. The van der Waals surface area contributed by atoms with Crippen LogP contribution in [0.25, 0.3) is 0 Å². The van der Waals surface area contributed by atoms with Crippen LogP contribution in [0.5, 0.6) is 0 Å². The Labute approximate surface area is 98.9 Å². The Balaban J connectivity index is 2.57. The van der Waals surface area contributed by atoms with E-state index in [9.17, 15) is 9.90 Å². The number of aliphatic hydroxyl groups excluding tert-OH is 1. The van der Waals surface area contributed by atoms with Crippen LogP contribution in [0.4, 0.5) is 0 Å². The second-order valence-corrected chi connectivity index (χ2v) is 5.17. The Morgan fingerprint density at radius 1 is 1.56 bits per heavy atom. The first kappa shape index (κ1) is 13.2. The fourth-order valence-corrected chi connectivity index (χ4v) is 1.97. The molecule has 0 radical (unpaired) electrons. The van der Waals surface area contributed by atoms with E-state index in [0.29, 0.717) is 11.4 Å². The maximum atomic E-state index is 10.7. The maximum Gasteiger partial charge on any atom is 0.345 e. The van der Waals surface area contributed by atoms with Gasteiger partial charge in [-0.05, 0) is 25.5 Å². The Kier molecular flexibility index (Phi) is 4.46. The molecule has 0 saturated heterocycles. The van der Waals surface area contributed by atoms with Crippen molar-refractivity contribution < 1.29 is 15.0 Å². The van der Waals surface area contributed by atoms with Crippen LogP contribution in [0.15, 0.2) is 12.1 Å². The maximum absolute atomic E-state index is 10.7. The van der Waals surface area contributed by atoms with Crippen molar-refractivity contribution in [1.82, 2.24) is 5.32 Å². The first-order valence-electron chi connectivity index (χ1n) is 5.18. The number of thiophene rings is 1. The van der Waals surface area contributed by atoms with Crippen molar-refractivity contribution in [1.29, 1.82) is 0 Å². The van der Waals surface area contributed by atoms with Gasteiger partial charge in [-0.15, -0.1) is 11.3 Å². The third-order valence-electron chi connectivity index (χ3n) is 2.69. The summed E-state index contributed by atoms with van der Waals surface area (Å²) in [5, 5.41) is 21.2. The van der Waals surface area contributed by atoms with Crippen molar-refractivity contribution in [3.63, 3.8) is 0 Å². The van der Waals surface area contributed by atoms with Crippen LogP contribution >= 0.6 is 11.3 Å². The Hall–Kier alpha value is -0.910. The third-order valence-corrected chi connectivity index (χ3v) is 3.76. The van der Waals surface area contributed by atoms with Gasteiger partial charge in [0.2, 0.25) is 0 Å². The van der Waals surface area contributed by atoms with Crippen molar-refractivity contribution in [3.05, 3.63) is 21.9 Å². The summed E-state index contributed by atoms with van der Waals surface area (Å²) in [5.74, 6) is -0.892. The highest BCUT2D eigenvalue weighted by Crippen LogP contribution is 2.18.